The van der Waals surface area contributed by atoms with E-state index in [2.05, 4.69) is 57.3 Å². The Balaban J connectivity index is 1.40. The number of carbonyl (C=O) groups is 1. The summed E-state index contributed by atoms with van der Waals surface area (Å²) in [5.41, 5.74) is 6.03. The van der Waals surface area contributed by atoms with E-state index < -0.39 is 0 Å². The lowest BCUT2D eigenvalue weighted by atomic mass is 9.72. The molecular weight excluding hydrogens is 528 g/mol. The molecule has 5 nitrogen and oxygen atoms in total. The van der Waals surface area contributed by atoms with Crippen LogP contribution in [-0.2, 0) is 19.4 Å². The second kappa shape index (κ2) is 12.3. The van der Waals surface area contributed by atoms with Crippen molar-refractivity contribution in [1.29, 1.82) is 0 Å². The molecule has 0 saturated heterocycles. The number of nitrogens with zero attached hydrogens (tertiary/aromatic N) is 1. The molecule has 0 radical (unpaired) electrons. The zero-order valence-corrected chi connectivity index (χ0v) is 25.3. The molecule has 212 valence electrons. The van der Waals surface area contributed by atoms with E-state index in [1.165, 1.54) is 10.4 Å². The van der Waals surface area contributed by atoms with Crippen LogP contribution in [0.1, 0.15) is 64.7 Å². The third kappa shape index (κ3) is 6.88. The standard InChI is InChI=1S/C35H38N2O3S/c1-23-11-13-24(14-12-23)22-40-29-18-15-25(19-30(29)39-5)21-36-34-32(33(38)37-27-9-7-6-8-10-27)28-17-16-26(35(2,3)4)20-31(28)41-34/h6-15,18-19,21,26H,16-17,20,22H2,1-5H3,(H,37,38)/t26-/m0/s1. The molecule has 0 saturated carbocycles. The van der Waals surface area contributed by atoms with Gasteiger partial charge in [-0.15, -0.1) is 11.3 Å². The first-order chi connectivity index (χ1) is 19.7. The fraction of sp³-hybridized carbons (Fsp3) is 0.314. The summed E-state index contributed by atoms with van der Waals surface area (Å²) >= 11 is 1.65. The molecule has 3 aromatic carbocycles. The number of anilines is 1. The fourth-order valence-electron chi connectivity index (χ4n) is 5.21. The molecular formula is C35H38N2O3S. The summed E-state index contributed by atoms with van der Waals surface area (Å²) < 4.78 is 11.7. The van der Waals surface area contributed by atoms with Gasteiger partial charge in [0.05, 0.1) is 12.7 Å². The van der Waals surface area contributed by atoms with Gasteiger partial charge in [-0.05, 0) is 84.5 Å². The van der Waals surface area contributed by atoms with Crippen LogP contribution >= 0.6 is 11.3 Å². The van der Waals surface area contributed by atoms with E-state index in [0.29, 0.717) is 29.6 Å². The molecule has 1 amide bonds. The summed E-state index contributed by atoms with van der Waals surface area (Å²) in [5, 5.41) is 3.83. The second-order valence-corrected chi connectivity index (χ2v) is 12.8. The van der Waals surface area contributed by atoms with Crippen LogP contribution in [0, 0.1) is 18.3 Å². The van der Waals surface area contributed by atoms with Crippen molar-refractivity contribution < 1.29 is 14.3 Å². The lowest BCUT2D eigenvalue weighted by Gasteiger charge is -2.33. The van der Waals surface area contributed by atoms with Crippen LogP contribution in [0.5, 0.6) is 11.5 Å². The third-order valence-electron chi connectivity index (χ3n) is 7.76. The van der Waals surface area contributed by atoms with Gasteiger partial charge in [0.1, 0.15) is 11.6 Å². The van der Waals surface area contributed by atoms with Crippen LogP contribution in [0.15, 0.2) is 77.8 Å². The van der Waals surface area contributed by atoms with E-state index in [1.807, 2.05) is 54.7 Å². The van der Waals surface area contributed by atoms with Gasteiger partial charge in [-0.3, -0.25) is 4.79 Å². The average molecular weight is 567 g/mol. The summed E-state index contributed by atoms with van der Waals surface area (Å²) in [4.78, 5) is 19.7. The van der Waals surface area contributed by atoms with Gasteiger partial charge >= 0.3 is 0 Å². The van der Waals surface area contributed by atoms with E-state index in [9.17, 15) is 4.79 Å². The van der Waals surface area contributed by atoms with Crippen LogP contribution < -0.4 is 14.8 Å². The van der Waals surface area contributed by atoms with E-state index in [4.69, 9.17) is 14.5 Å². The molecule has 4 aromatic rings. The predicted octanol–water partition coefficient (Wildman–Crippen LogP) is 8.80. The lowest BCUT2D eigenvalue weighted by molar-refractivity contribution is 0.102. The molecule has 1 aliphatic rings. The fourth-order valence-corrected chi connectivity index (χ4v) is 6.48. The molecule has 0 bridgehead atoms. The highest BCUT2D eigenvalue weighted by atomic mass is 32.1. The van der Waals surface area contributed by atoms with Crippen molar-refractivity contribution in [2.45, 2.75) is 53.6 Å². The summed E-state index contributed by atoms with van der Waals surface area (Å²) in [6.45, 7) is 9.45. The molecule has 0 aliphatic heterocycles. The minimum absolute atomic E-state index is 0.104. The average Bonchev–Trinajstić information content (AvgIpc) is 3.34. The molecule has 1 heterocycles. The number of carbonyl (C=O) groups excluding carboxylic acids is 1. The number of methoxy groups -OCH3 is 1. The first-order valence-corrected chi connectivity index (χ1v) is 14.9. The number of hydrogen-bond donors (Lipinski definition) is 1. The monoisotopic (exact) mass is 566 g/mol. The summed E-state index contributed by atoms with van der Waals surface area (Å²) in [6, 6.07) is 23.7. The van der Waals surface area contributed by atoms with Gasteiger partial charge in [-0.1, -0.05) is 68.8 Å². The number of aliphatic imine (C=N–C) groups is 1. The third-order valence-corrected chi connectivity index (χ3v) is 8.93. The minimum atomic E-state index is -0.104. The maximum absolute atomic E-state index is 13.6. The van der Waals surface area contributed by atoms with Crippen molar-refractivity contribution in [2.24, 2.45) is 16.3 Å². The van der Waals surface area contributed by atoms with Crippen molar-refractivity contribution in [3.63, 3.8) is 0 Å². The van der Waals surface area contributed by atoms with Gasteiger partial charge in [0.15, 0.2) is 11.5 Å². The molecule has 1 atom stereocenters. The Morgan fingerprint density at radius 3 is 2.51 bits per heavy atom. The number of ether oxygens (including phenoxy) is 2. The zero-order chi connectivity index (χ0) is 29.0. The Kier molecular flexibility index (Phi) is 8.60. The van der Waals surface area contributed by atoms with E-state index in [-0.39, 0.29) is 11.3 Å². The topological polar surface area (TPSA) is 59.9 Å². The number of nitrogens with one attached hydrogen (secondary N) is 1. The highest BCUT2D eigenvalue weighted by molar-refractivity contribution is 7.16. The summed E-state index contributed by atoms with van der Waals surface area (Å²) in [6.07, 6.45) is 4.75. The number of aryl methyl sites for hydroxylation is 1. The maximum atomic E-state index is 13.6. The van der Waals surface area contributed by atoms with Crippen LogP contribution in [0.3, 0.4) is 0 Å². The van der Waals surface area contributed by atoms with Gasteiger partial charge in [0.2, 0.25) is 0 Å². The quantitative estimate of drug-likeness (QED) is 0.217. The van der Waals surface area contributed by atoms with Crippen molar-refractivity contribution in [3.05, 3.63) is 105 Å². The largest absolute Gasteiger partial charge is 0.493 e. The number of rotatable bonds is 8. The Labute approximate surface area is 247 Å². The lowest BCUT2D eigenvalue weighted by Crippen LogP contribution is -2.27. The van der Waals surface area contributed by atoms with Gasteiger partial charge in [-0.25, -0.2) is 4.99 Å². The summed E-state index contributed by atoms with van der Waals surface area (Å²) in [5.74, 6) is 1.79. The molecule has 0 fully saturated rings. The van der Waals surface area contributed by atoms with Crippen molar-refractivity contribution in [3.8, 4) is 11.5 Å². The minimum Gasteiger partial charge on any atom is -0.493 e. The van der Waals surface area contributed by atoms with Crippen LogP contribution in [0.25, 0.3) is 0 Å². The molecule has 1 aliphatic carbocycles. The van der Waals surface area contributed by atoms with E-state index in [0.717, 1.165) is 46.6 Å². The Morgan fingerprint density at radius 2 is 1.80 bits per heavy atom. The van der Waals surface area contributed by atoms with Gasteiger partial charge < -0.3 is 14.8 Å². The SMILES string of the molecule is COc1cc(C=Nc2sc3c(c2C(=O)Nc2ccccc2)CC[C@H](C(C)(C)C)C3)ccc1OCc1ccc(C)cc1. The molecule has 0 spiro atoms. The van der Waals surface area contributed by atoms with Gasteiger partial charge in [-0.2, -0.15) is 0 Å². The Morgan fingerprint density at radius 1 is 1.05 bits per heavy atom. The molecule has 6 heteroatoms. The van der Waals surface area contributed by atoms with Crippen molar-refractivity contribution >= 4 is 34.1 Å². The van der Waals surface area contributed by atoms with Crippen LogP contribution in [-0.4, -0.2) is 19.2 Å². The number of fused-ring (bicyclic) bond motifs is 1. The predicted molar refractivity (Wildman–Crippen MR) is 169 cm³/mol. The van der Waals surface area contributed by atoms with Crippen LogP contribution in [0.2, 0.25) is 0 Å². The number of benzene rings is 3. The van der Waals surface area contributed by atoms with E-state index >= 15 is 0 Å². The number of amides is 1. The molecule has 5 rings (SSSR count). The number of thiophene rings is 1. The highest BCUT2D eigenvalue weighted by Gasteiger charge is 2.33. The molecule has 0 unspecified atom stereocenters. The number of para-hydroxylation sites is 1. The second-order valence-electron chi connectivity index (χ2n) is 11.8. The molecule has 1 aromatic heterocycles. The van der Waals surface area contributed by atoms with Gasteiger partial charge in [0.25, 0.3) is 5.91 Å². The Bertz CT molecular complexity index is 1530. The normalized spacial score (nSPS) is 15.0. The molecule has 41 heavy (non-hydrogen) atoms. The van der Waals surface area contributed by atoms with Crippen molar-refractivity contribution in [1.82, 2.24) is 0 Å². The first kappa shape index (κ1) is 28.6. The Hall–Kier alpha value is -3.90. The maximum Gasteiger partial charge on any atom is 0.259 e. The van der Waals surface area contributed by atoms with Crippen LogP contribution in [0.4, 0.5) is 10.7 Å². The number of hydrogen-bond acceptors (Lipinski definition) is 5. The smallest absolute Gasteiger partial charge is 0.259 e. The van der Waals surface area contributed by atoms with Crippen molar-refractivity contribution in [2.75, 3.05) is 12.4 Å². The zero-order valence-electron chi connectivity index (χ0n) is 24.5. The molecule has 1 N–H and O–H groups in total. The van der Waals surface area contributed by atoms with Gasteiger partial charge in [0, 0.05) is 16.8 Å². The first-order valence-electron chi connectivity index (χ1n) is 14.1. The van der Waals surface area contributed by atoms with E-state index in [1.54, 1.807) is 18.4 Å². The summed E-state index contributed by atoms with van der Waals surface area (Å²) in [7, 11) is 1.64. The highest BCUT2D eigenvalue weighted by Crippen LogP contribution is 2.45.